The van der Waals surface area contributed by atoms with Crippen molar-refractivity contribution in [2.75, 3.05) is 6.61 Å². The third-order valence-corrected chi connectivity index (χ3v) is 1.31. The van der Waals surface area contributed by atoms with Gasteiger partial charge in [-0.2, -0.15) is 13.2 Å². The van der Waals surface area contributed by atoms with Crippen molar-refractivity contribution in [3.8, 4) is 0 Å². The Hall–Kier alpha value is -0.290. The van der Waals surface area contributed by atoms with E-state index < -0.39 is 18.4 Å². The minimum atomic E-state index is -4.64. The summed E-state index contributed by atoms with van der Waals surface area (Å²) < 4.78 is 40.5. The van der Waals surface area contributed by atoms with Crippen molar-refractivity contribution in [1.29, 1.82) is 0 Å². The highest BCUT2D eigenvalue weighted by Gasteiger charge is 2.50. The summed E-state index contributed by atoms with van der Waals surface area (Å²) in [5, 5.41) is 8.85. The molecule has 0 rings (SSSR count). The van der Waals surface area contributed by atoms with Gasteiger partial charge < -0.3 is 9.84 Å². The van der Waals surface area contributed by atoms with Gasteiger partial charge in [0.15, 0.2) is 5.60 Å². The van der Waals surface area contributed by atoms with Crippen LogP contribution in [0.3, 0.4) is 0 Å². The summed E-state index contributed by atoms with van der Waals surface area (Å²) in [5.74, 6) is 0. The zero-order chi connectivity index (χ0) is 9.99. The number of hydrogen-bond donors (Lipinski definition) is 1. The summed E-state index contributed by atoms with van der Waals surface area (Å²) in [4.78, 5) is 0. The lowest BCUT2D eigenvalue weighted by Gasteiger charge is -2.26. The normalized spacial score (nSPS) is 18.0. The van der Waals surface area contributed by atoms with Crippen LogP contribution in [0.5, 0.6) is 0 Å². The Bertz CT molecular complexity index is 140. The monoisotopic (exact) mass is 186 g/mol. The SMILES string of the molecule is CC(C)OCC(C)(O)C(F)(F)F. The smallest absolute Gasteiger partial charge is 0.379 e. The number of halogens is 3. The molecule has 0 aromatic heterocycles. The molecule has 12 heavy (non-hydrogen) atoms. The lowest BCUT2D eigenvalue weighted by molar-refractivity contribution is -0.270. The highest BCUT2D eigenvalue weighted by Crippen LogP contribution is 2.30. The molecule has 0 aromatic rings. The van der Waals surface area contributed by atoms with Crippen molar-refractivity contribution < 1.29 is 23.0 Å². The molecule has 0 radical (unpaired) electrons. The van der Waals surface area contributed by atoms with Crippen LogP contribution in [0.15, 0.2) is 0 Å². The molecule has 0 aliphatic carbocycles. The first-order valence-electron chi connectivity index (χ1n) is 3.57. The fourth-order valence-electron chi connectivity index (χ4n) is 0.411. The van der Waals surface area contributed by atoms with E-state index in [9.17, 15) is 13.2 Å². The van der Waals surface area contributed by atoms with Gasteiger partial charge in [0, 0.05) is 0 Å². The van der Waals surface area contributed by atoms with E-state index in [-0.39, 0.29) is 6.10 Å². The van der Waals surface area contributed by atoms with Crippen LogP contribution in [0.2, 0.25) is 0 Å². The van der Waals surface area contributed by atoms with E-state index in [1.54, 1.807) is 13.8 Å². The van der Waals surface area contributed by atoms with Crippen LogP contribution >= 0.6 is 0 Å². The molecule has 0 saturated heterocycles. The Morgan fingerprint density at radius 1 is 1.33 bits per heavy atom. The van der Waals surface area contributed by atoms with Gasteiger partial charge in [0.25, 0.3) is 0 Å². The van der Waals surface area contributed by atoms with Crippen LogP contribution in [0, 0.1) is 0 Å². The van der Waals surface area contributed by atoms with Crippen LogP contribution in [-0.4, -0.2) is 29.6 Å². The third kappa shape index (κ3) is 3.40. The maximum Gasteiger partial charge on any atom is 0.419 e. The van der Waals surface area contributed by atoms with Crippen molar-refractivity contribution in [3.05, 3.63) is 0 Å². The first kappa shape index (κ1) is 11.7. The minimum Gasteiger partial charge on any atom is -0.379 e. The largest absolute Gasteiger partial charge is 0.419 e. The van der Waals surface area contributed by atoms with Gasteiger partial charge in [-0.3, -0.25) is 0 Å². The molecule has 0 heterocycles. The number of hydrogen-bond acceptors (Lipinski definition) is 2. The third-order valence-electron chi connectivity index (χ3n) is 1.31. The van der Waals surface area contributed by atoms with Crippen LogP contribution in [0.1, 0.15) is 20.8 Å². The average molecular weight is 186 g/mol. The summed E-state index contributed by atoms with van der Waals surface area (Å²) >= 11 is 0. The van der Waals surface area contributed by atoms with E-state index in [0.29, 0.717) is 6.92 Å². The van der Waals surface area contributed by atoms with Gasteiger partial charge in [-0.05, 0) is 20.8 Å². The number of alkyl halides is 3. The highest BCUT2D eigenvalue weighted by molar-refractivity contribution is 4.80. The van der Waals surface area contributed by atoms with Crippen molar-refractivity contribution in [2.45, 2.75) is 38.7 Å². The summed E-state index contributed by atoms with van der Waals surface area (Å²) in [6.07, 6.45) is -4.96. The maximum absolute atomic E-state index is 12.0. The highest BCUT2D eigenvalue weighted by atomic mass is 19.4. The van der Waals surface area contributed by atoms with E-state index in [2.05, 4.69) is 4.74 Å². The number of aliphatic hydroxyl groups is 1. The molecule has 0 aliphatic rings. The summed E-state index contributed by atoms with van der Waals surface area (Å²) in [5.41, 5.74) is -2.75. The van der Waals surface area contributed by atoms with E-state index >= 15 is 0 Å². The van der Waals surface area contributed by atoms with Gasteiger partial charge in [0.05, 0.1) is 12.7 Å². The molecule has 74 valence electrons. The van der Waals surface area contributed by atoms with Crippen molar-refractivity contribution in [1.82, 2.24) is 0 Å². The molecule has 0 bridgehead atoms. The van der Waals surface area contributed by atoms with Gasteiger partial charge in [-0.15, -0.1) is 0 Å². The lowest BCUT2D eigenvalue weighted by atomic mass is 10.1. The minimum absolute atomic E-state index is 0.321. The van der Waals surface area contributed by atoms with Crippen molar-refractivity contribution >= 4 is 0 Å². The molecule has 0 aromatic carbocycles. The van der Waals surface area contributed by atoms with E-state index in [4.69, 9.17) is 5.11 Å². The average Bonchev–Trinajstić information content (AvgIpc) is 1.81. The number of ether oxygens (including phenoxy) is 1. The lowest BCUT2D eigenvalue weighted by Crippen LogP contribution is -2.46. The van der Waals surface area contributed by atoms with E-state index in [1.807, 2.05) is 0 Å². The second-order valence-electron chi connectivity index (χ2n) is 3.13. The predicted octanol–water partition coefficient (Wildman–Crippen LogP) is 1.72. The molecule has 0 amide bonds. The van der Waals surface area contributed by atoms with Crippen LogP contribution in [-0.2, 0) is 4.74 Å². The van der Waals surface area contributed by atoms with Gasteiger partial charge >= 0.3 is 6.18 Å². The fraction of sp³-hybridized carbons (Fsp3) is 1.00. The van der Waals surface area contributed by atoms with Gasteiger partial charge in [0.2, 0.25) is 0 Å². The molecule has 2 nitrogen and oxygen atoms in total. The first-order chi connectivity index (χ1) is 5.17. The predicted molar refractivity (Wildman–Crippen MR) is 37.8 cm³/mol. The Kier molecular flexibility index (Phi) is 3.53. The second-order valence-corrected chi connectivity index (χ2v) is 3.13. The Morgan fingerprint density at radius 3 is 2.00 bits per heavy atom. The van der Waals surface area contributed by atoms with Crippen LogP contribution in [0.25, 0.3) is 0 Å². The standard InChI is InChI=1S/C7H13F3O2/c1-5(2)12-4-6(3,11)7(8,9)10/h5,11H,4H2,1-3H3. The molecule has 0 fully saturated rings. The fourth-order valence-corrected chi connectivity index (χ4v) is 0.411. The van der Waals surface area contributed by atoms with Gasteiger partial charge in [0.1, 0.15) is 0 Å². The molecular weight excluding hydrogens is 173 g/mol. The zero-order valence-corrected chi connectivity index (χ0v) is 7.27. The molecule has 1 atom stereocenters. The second kappa shape index (κ2) is 3.62. The first-order valence-corrected chi connectivity index (χ1v) is 3.57. The van der Waals surface area contributed by atoms with Crippen molar-refractivity contribution in [3.63, 3.8) is 0 Å². The topological polar surface area (TPSA) is 29.5 Å². The Labute approximate surface area is 69.3 Å². The molecule has 1 N–H and O–H groups in total. The molecule has 5 heteroatoms. The van der Waals surface area contributed by atoms with Crippen LogP contribution in [0.4, 0.5) is 13.2 Å². The van der Waals surface area contributed by atoms with E-state index in [0.717, 1.165) is 0 Å². The quantitative estimate of drug-likeness (QED) is 0.727. The summed E-state index contributed by atoms with van der Waals surface area (Å²) in [6, 6.07) is 0. The Balaban J connectivity index is 4.05. The maximum atomic E-state index is 12.0. The molecule has 0 spiro atoms. The number of rotatable bonds is 3. The molecule has 0 saturated carbocycles. The summed E-state index contributed by atoms with van der Waals surface area (Å²) in [6.45, 7) is 3.17. The molecular formula is C7H13F3O2. The Morgan fingerprint density at radius 2 is 1.75 bits per heavy atom. The zero-order valence-electron chi connectivity index (χ0n) is 7.27. The van der Waals surface area contributed by atoms with E-state index in [1.165, 1.54) is 0 Å². The molecule has 0 aliphatic heterocycles. The molecule has 1 unspecified atom stereocenters. The van der Waals surface area contributed by atoms with Gasteiger partial charge in [-0.25, -0.2) is 0 Å². The van der Waals surface area contributed by atoms with Crippen LogP contribution < -0.4 is 0 Å². The summed E-state index contributed by atoms with van der Waals surface area (Å²) in [7, 11) is 0. The van der Waals surface area contributed by atoms with Crippen molar-refractivity contribution in [2.24, 2.45) is 0 Å². The van der Waals surface area contributed by atoms with Gasteiger partial charge in [-0.1, -0.05) is 0 Å².